The fourth-order valence-corrected chi connectivity index (χ4v) is 6.57. The minimum absolute atomic E-state index is 0.0264. The van der Waals surface area contributed by atoms with Crippen LogP contribution in [0.2, 0.25) is 0 Å². The van der Waals surface area contributed by atoms with E-state index in [4.69, 9.17) is 0 Å². The van der Waals surface area contributed by atoms with E-state index in [2.05, 4.69) is 5.32 Å². The van der Waals surface area contributed by atoms with Crippen molar-refractivity contribution in [2.75, 3.05) is 17.4 Å². The van der Waals surface area contributed by atoms with Gasteiger partial charge in [0.05, 0.1) is 10.6 Å². The monoisotopic (exact) mass is 629 g/mol. The number of sulfonamides is 1. The van der Waals surface area contributed by atoms with Gasteiger partial charge in [0.1, 0.15) is 18.4 Å². The molecule has 1 atom stereocenters. The van der Waals surface area contributed by atoms with Crippen LogP contribution >= 0.6 is 0 Å². The Morgan fingerprint density at radius 1 is 0.800 bits per heavy atom. The summed E-state index contributed by atoms with van der Waals surface area (Å²) in [4.78, 5) is 29.6. The number of halogens is 1. The number of nitrogens with zero attached hydrogens (tertiary/aromatic N) is 2. The summed E-state index contributed by atoms with van der Waals surface area (Å²) < 4.78 is 43.3. The van der Waals surface area contributed by atoms with E-state index in [1.54, 1.807) is 36.4 Å². The maximum atomic E-state index is 14.5. The second-order valence-electron chi connectivity index (χ2n) is 11.3. The summed E-state index contributed by atoms with van der Waals surface area (Å²) in [6, 6.07) is 26.0. The molecule has 4 rings (SSSR count). The van der Waals surface area contributed by atoms with E-state index >= 15 is 0 Å². The van der Waals surface area contributed by atoms with E-state index in [-0.39, 0.29) is 23.8 Å². The van der Waals surface area contributed by atoms with Crippen molar-refractivity contribution in [2.24, 2.45) is 0 Å². The molecule has 236 valence electrons. The first kappa shape index (κ1) is 33.4. The van der Waals surface area contributed by atoms with Gasteiger partial charge in [-0.25, -0.2) is 12.8 Å². The number of carbonyl (C=O) groups is 2. The van der Waals surface area contributed by atoms with Crippen LogP contribution < -0.4 is 9.62 Å². The molecule has 0 bridgehead atoms. The van der Waals surface area contributed by atoms with Crippen molar-refractivity contribution in [3.8, 4) is 0 Å². The van der Waals surface area contributed by atoms with E-state index in [9.17, 15) is 22.4 Å². The zero-order valence-corrected chi connectivity index (χ0v) is 27.0. The molecule has 4 aromatic carbocycles. The van der Waals surface area contributed by atoms with Crippen LogP contribution in [0.4, 0.5) is 10.1 Å². The van der Waals surface area contributed by atoms with Crippen molar-refractivity contribution in [2.45, 2.75) is 58.0 Å². The molecule has 1 N–H and O–H groups in total. The number of aryl methyl sites for hydroxylation is 3. The molecule has 7 nitrogen and oxygen atoms in total. The van der Waals surface area contributed by atoms with E-state index in [1.807, 2.05) is 64.1 Å². The Balaban J connectivity index is 1.81. The Hall–Kier alpha value is -4.50. The van der Waals surface area contributed by atoms with Crippen LogP contribution in [-0.2, 0) is 32.6 Å². The number of carbonyl (C=O) groups excluding carboxylic acids is 2. The summed E-state index contributed by atoms with van der Waals surface area (Å²) in [7, 11) is -4.19. The molecule has 45 heavy (non-hydrogen) atoms. The lowest BCUT2D eigenvalue weighted by molar-refractivity contribution is -0.140. The fraction of sp³-hybridized carbons (Fsp3) is 0.278. The molecule has 4 aromatic rings. The van der Waals surface area contributed by atoms with Crippen molar-refractivity contribution in [3.05, 3.63) is 131 Å². The van der Waals surface area contributed by atoms with Crippen molar-refractivity contribution in [3.63, 3.8) is 0 Å². The van der Waals surface area contributed by atoms with Gasteiger partial charge in [0.25, 0.3) is 10.0 Å². The number of hydrogen-bond donors (Lipinski definition) is 1. The fourth-order valence-electron chi connectivity index (χ4n) is 5.17. The van der Waals surface area contributed by atoms with Crippen molar-refractivity contribution in [1.82, 2.24) is 10.2 Å². The Morgan fingerprint density at radius 2 is 1.42 bits per heavy atom. The van der Waals surface area contributed by atoms with Crippen molar-refractivity contribution < 1.29 is 22.4 Å². The molecule has 0 aromatic heterocycles. The van der Waals surface area contributed by atoms with Crippen LogP contribution in [0.5, 0.6) is 0 Å². The Kier molecular flexibility index (Phi) is 11.1. The first-order chi connectivity index (χ1) is 21.5. The number of amides is 2. The lowest BCUT2D eigenvalue weighted by atomic mass is 10.0. The summed E-state index contributed by atoms with van der Waals surface area (Å²) in [6.07, 6.45) is 0.905. The summed E-state index contributed by atoms with van der Waals surface area (Å²) in [5.74, 6) is -1.35. The molecular formula is C36H40FN3O4S. The highest BCUT2D eigenvalue weighted by atomic mass is 32.2. The molecule has 0 aliphatic heterocycles. The van der Waals surface area contributed by atoms with Gasteiger partial charge in [0.15, 0.2) is 0 Å². The van der Waals surface area contributed by atoms with Gasteiger partial charge in [-0.2, -0.15) is 0 Å². The molecule has 0 radical (unpaired) electrons. The maximum Gasteiger partial charge on any atom is 0.264 e. The minimum Gasteiger partial charge on any atom is -0.354 e. The number of nitrogens with one attached hydrogen (secondary N) is 1. The van der Waals surface area contributed by atoms with Gasteiger partial charge >= 0.3 is 0 Å². The van der Waals surface area contributed by atoms with Gasteiger partial charge in [-0.3, -0.25) is 13.9 Å². The van der Waals surface area contributed by atoms with E-state index in [0.717, 1.165) is 26.6 Å². The summed E-state index contributed by atoms with van der Waals surface area (Å²) in [5.41, 5.74) is 4.36. The lowest BCUT2D eigenvalue weighted by Gasteiger charge is -2.34. The second-order valence-corrected chi connectivity index (χ2v) is 13.2. The van der Waals surface area contributed by atoms with E-state index in [0.29, 0.717) is 24.2 Å². The minimum atomic E-state index is -4.19. The highest BCUT2D eigenvalue weighted by Gasteiger charge is 2.34. The highest BCUT2D eigenvalue weighted by molar-refractivity contribution is 7.92. The first-order valence-corrected chi connectivity index (χ1v) is 16.4. The van der Waals surface area contributed by atoms with Gasteiger partial charge in [-0.1, -0.05) is 73.2 Å². The van der Waals surface area contributed by atoms with Gasteiger partial charge < -0.3 is 10.2 Å². The van der Waals surface area contributed by atoms with Crippen LogP contribution in [0.25, 0.3) is 0 Å². The molecule has 0 saturated carbocycles. The third-order valence-electron chi connectivity index (χ3n) is 7.47. The molecule has 0 aliphatic carbocycles. The number of benzene rings is 4. The van der Waals surface area contributed by atoms with Crippen LogP contribution in [0, 0.1) is 26.6 Å². The molecule has 0 heterocycles. The largest absolute Gasteiger partial charge is 0.354 e. The third-order valence-corrected chi connectivity index (χ3v) is 9.26. The normalized spacial score (nSPS) is 11.9. The molecule has 0 unspecified atom stereocenters. The van der Waals surface area contributed by atoms with Crippen LogP contribution in [-0.4, -0.2) is 44.3 Å². The zero-order valence-electron chi connectivity index (χ0n) is 26.2. The highest BCUT2D eigenvalue weighted by Crippen LogP contribution is 2.27. The maximum absolute atomic E-state index is 14.5. The van der Waals surface area contributed by atoms with Gasteiger partial charge in [-0.15, -0.1) is 0 Å². The number of rotatable bonds is 13. The van der Waals surface area contributed by atoms with Gasteiger partial charge in [0, 0.05) is 19.5 Å². The van der Waals surface area contributed by atoms with E-state index in [1.165, 1.54) is 29.2 Å². The average molecular weight is 630 g/mol. The molecule has 2 amide bonds. The van der Waals surface area contributed by atoms with Gasteiger partial charge in [0.2, 0.25) is 11.8 Å². The summed E-state index contributed by atoms with van der Waals surface area (Å²) in [5, 5.41) is 2.92. The summed E-state index contributed by atoms with van der Waals surface area (Å²) in [6.45, 7) is 7.37. The van der Waals surface area contributed by atoms with Gasteiger partial charge in [-0.05, 0) is 85.8 Å². The average Bonchev–Trinajstić information content (AvgIpc) is 3.01. The van der Waals surface area contributed by atoms with Crippen LogP contribution in [0.15, 0.2) is 102 Å². The molecule has 0 fully saturated rings. The van der Waals surface area contributed by atoms with Crippen LogP contribution in [0.1, 0.15) is 41.2 Å². The standard InChI is InChI=1S/C36H40FN3O4S/c1-5-19-38-36(42)34(23-29-9-7-6-8-10-29)39(24-30-13-15-31(37)16-14-30)35(41)25-40(32-21-27(3)20-28(4)22-32)45(43,44)33-17-11-26(2)12-18-33/h6-18,20-22,34H,5,19,23-25H2,1-4H3,(H,38,42)/t34-/m0/s1. The Labute approximate surface area is 265 Å². The molecule has 9 heteroatoms. The van der Waals surface area contributed by atoms with E-state index < -0.39 is 34.3 Å². The topological polar surface area (TPSA) is 86.8 Å². The number of hydrogen-bond acceptors (Lipinski definition) is 4. The smallest absolute Gasteiger partial charge is 0.264 e. The Morgan fingerprint density at radius 3 is 2.02 bits per heavy atom. The quantitative estimate of drug-likeness (QED) is 0.193. The lowest BCUT2D eigenvalue weighted by Crippen LogP contribution is -2.53. The molecule has 0 spiro atoms. The third kappa shape index (κ3) is 8.79. The zero-order chi connectivity index (χ0) is 32.6. The summed E-state index contributed by atoms with van der Waals surface area (Å²) >= 11 is 0. The molecule has 0 aliphatic rings. The first-order valence-electron chi connectivity index (χ1n) is 15.0. The molecular weight excluding hydrogens is 589 g/mol. The predicted molar refractivity (Wildman–Crippen MR) is 176 cm³/mol. The van der Waals surface area contributed by atoms with Crippen molar-refractivity contribution >= 4 is 27.5 Å². The number of anilines is 1. The molecule has 0 saturated heterocycles. The second kappa shape index (κ2) is 15.0. The van der Waals surface area contributed by atoms with Crippen LogP contribution in [0.3, 0.4) is 0 Å². The SMILES string of the molecule is CCCNC(=O)[C@H](Cc1ccccc1)N(Cc1ccc(F)cc1)C(=O)CN(c1cc(C)cc(C)c1)S(=O)(=O)c1ccc(C)cc1. The predicted octanol–water partition coefficient (Wildman–Crippen LogP) is 6.11. The Bertz CT molecular complexity index is 1690. The van der Waals surface area contributed by atoms with Crippen molar-refractivity contribution in [1.29, 1.82) is 0 Å².